The molecule has 1 aliphatic heterocycles. The highest BCUT2D eigenvalue weighted by molar-refractivity contribution is 7.89. The molecule has 1 fully saturated rings. The Morgan fingerprint density at radius 1 is 1.08 bits per heavy atom. The topological polar surface area (TPSA) is 70.1 Å². The van der Waals surface area contributed by atoms with Crippen molar-refractivity contribution in [2.45, 2.75) is 17.6 Å². The molecule has 1 atom stereocenters. The van der Waals surface area contributed by atoms with Gasteiger partial charge in [0, 0.05) is 37.6 Å². The van der Waals surface area contributed by atoms with E-state index in [0.717, 1.165) is 4.88 Å². The van der Waals surface area contributed by atoms with E-state index in [-0.39, 0.29) is 6.61 Å². The predicted octanol–water partition coefficient (Wildman–Crippen LogP) is 1.63. The fourth-order valence-electron chi connectivity index (χ4n) is 2.93. The zero-order valence-corrected chi connectivity index (χ0v) is 16.2. The van der Waals surface area contributed by atoms with E-state index < -0.39 is 16.1 Å². The molecule has 8 heteroatoms. The fraction of sp³-hybridized carbons (Fsp3) is 0.444. The molecule has 1 aliphatic rings. The number of nitrogens with zero attached hydrogens (tertiary/aromatic N) is 2. The van der Waals surface area contributed by atoms with Gasteiger partial charge in [0.25, 0.3) is 0 Å². The summed E-state index contributed by atoms with van der Waals surface area (Å²) in [7, 11) is -3.43. The minimum Gasteiger partial charge on any atom is -0.389 e. The highest BCUT2D eigenvalue weighted by Crippen LogP contribution is 2.17. The number of aliphatic hydroxyl groups excluding tert-OH is 1. The van der Waals surface area contributed by atoms with Gasteiger partial charge in [0.15, 0.2) is 0 Å². The Bertz CT molecular complexity index is 758. The second-order valence-corrected chi connectivity index (χ2v) is 9.24. The number of hydrogen-bond acceptors (Lipinski definition) is 6. The second kappa shape index (κ2) is 9.07. The van der Waals surface area contributed by atoms with Gasteiger partial charge in [-0.15, -0.1) is 11.3 Å². The molecule has 2 aromatic rings. The number of hydrogen-bond donors (Lipinski definition) is 1. The maximum atomic E-state index is 12.6. The van der Waals surface area contributed by atoms with Gasteiger partial charge in [0.2, 0.25) is 10.0 Å². The molecule has 1 saturated heterocycles. The third kappa shape index (κ3) is 5.12. The Balaban J connectivity index is 1.42. The largest absolute Gasteiger partial charge is 0.389 e. The molecular formula is C18H24N2O4S2. The van der Waals surface area contributed by atoms with E-state index >= 15 is 0 Å². The van der Waals surface area contributed by atoms with E-state index in [1.54, 1.807) is 41.7 Å². The normalized spacial score (nSPS) is 18.0. The van der Waals surface area contributed by atoms with Crippen LogP contribution in [0.4, 0.5) is 0 Å². The highest BCUT2D eigenvalue weighted by Gasteiger charge is 2.28. The molecule has 3 rings (SSSR count). The SMILES string of the molecule is O=S(=O)(c1ccccc1)N1CCN(C[C@@H](O)COCc2cccs2)CC1. The van der Waals surface area contributed by atoms with Gasteiger partial charge < -0.3 is 9.84 Å². The maximum absolute atomic E-state index is 12.6. The smallest absolute Gasteiger partial charge is 0.243 e. The summed E-state index contributed by atoms with van der Waals surface area (Å²) < 4.78 is 32.3. The zero-order valence-electron chi connectivity index (χ0n) is 14.5. The van der Waals surface area contributed by atoms with Crippen LogP contribution < -0.4 is 0 Å². The molecule has 0 aliphatic carbocycles. The molecule has 0 radical (unpaired) electrons. The van der Waals surface area contributed by atoms with Gasteiger partial charge >= 0.3 is 0 Å². The summed E-state index contributed by atoms with van der Waals surface area (Å²) in [6, 6.07) is 12.5. The van der Waals surface area contributed by atoms with Crippen molar-refractivity contribution in [1.82, 2.24) is 9.21 Å². The molecule has 0 bridgehead atoms. The van der Waals surface area contributed by atoms with Crippen molar-refractivity contribution in [2.24, 2.45) is 0 Å². The van der Waals surface area contributed by atoms with E-state index in [1.165, 1.54) is 4.31 Å². The van der Waals surface area contributed by atoms with Gasteiger partial charge in [-0.2, -0.15) is 4.31 Å². The zero-order chi connectivity index (χ0) is 18.4. The van der Waals surface area contributed by atoms with Gasteiger partial charge in [-0.1, -0.05) is 24.3 Å². The van der Waals surface area contributed by atoms with Crippen molar-refractivity contribution < 1.29 is 18.3 Å². The van der Waals surface area contributed by atoms with Crippen LogP contribution in [0.15, 0.2) is 52.7 Å². The lowest BCUT2D eigenvalue weighted by molar-refractivity contribution is 0.00611. The summed E-state index contributed by atoms with van der Waals surface area (Å²) >= 11 is 1.63. The number of benzene rings is 1. The van der Waals surface area contributed by atoms with Crippen molar-refractivity contribution in [1.29, 1.82) is 0 Å². The first-order chi connectivity index (χ1) is 12.6. The van der Waals surface area contributed by atoms with Crippen LogP contribution in [0.3, 0.4) is 0 Å². The molecule has 1 N–H and O–H groups in total. The third-order valence-corrected chi connectivity index (χ3v) is 7.08. The quantitative estimate of drug-likeness (QED) is 0.735. The van der Waals surface area contributed by atoms with Crippen LogP contribution in [0.1, 0.15) is 4.88 Å². The molecule has 1 aromatic heterocycles. The van der Waals surface area contributed by atoms with E-state index in [0.29, 0.717) is 44.2 Å². The van der Waals surface area contributed by atoms with Crippen molar-refractivity contribution in [3.63, 3.8) is 0 Å². The molecular weight excluding hydrogens is 372 g/mol. The number of β-amino-alcohol motifs (C(OH)–C–C–N with tert-alkyl or cyclic N) is 1. The summed E-state index contributed by atoms with van der Waals surface area (Å²) in [5.74, 6) is 0. The van der Waals surface area contributed by atoms with Gasteiger partial charge in [-0.25, -0.2) is 8.42 Å². The number of piperazine rings is 1. The lowest BCUT2D eigenvalue weighted by Gasteiger charge is -2.34. The standard InChI is InChI=1S/C18H24N2O4S2/c21-16(14-24-15-17-5-4-12-25-17)13-19-8-10-20(11-9-19)26(22,23)18-6-2-1-3-7-18/h1-7,12,16,21H,8-11,13-15H2/t16-/m1/s1. The Morgan fingerprint density at radius 2 is 1.81 bits per heavy atom. The van der Waals surface area contributed by atoms with Crippen molar-refractivity contribution >= 4 is 21.4 Å². The molecule has 0 saturated carbocycles. The monoisotopic (exact) mass is 396 g/mol. The van der Waals surface area contributed by atoms with E-state index in [4.69, 9.17) is 4.74 Å². The maximum Gasteiger partial charge on any atom is 0.243 e. The van der Waals surface area contributed by atoms with Crippen LogP contribution in [0.2, 0.25) is 0 Å². The van der Waals surface area contributed by atoms with Crippen molar-refractivity contribution in [3.8, 4) is 0 Å². The Morgan fingerprint density at radius 3 is 2.46 bits per heavy atom. The molecule has 6 nitrogen and oxygen atoms in total. The predicted molar refractivity (Wildman–Crippen MR) is 102 cm³/mol. The molecule has 142 valence electrons. The molecule has 0 unspecified atom stereocenters. The van der Waals surface area contributed by atoms with Crippen LogP contribution in [-0.2, 0) is 21.4 Å². The molecule has 26 heavy (non-hydrogen) atoms. The van der Waals surface area contributed by atoms with E-state index in [1.807, 2.05) is 17.5 Å². The second-order valence-electron chi connectivity index (χ2n) is 6.27. The van der Waals surface area contributed by atoms with Crippen molar-refractivity contribution in [2.75, 3.05) is 39.3 Å². The van der Waals surface area contributed by atoms with Crippen LogP contribution in [0.5, 0.6) is 0 Å². The van der Waals surface area contributed by atoms with Gasteiger partial charge in [-0.3, -0.25) is 4.90 Å². The van der Waals surface area contributed by atoms with E-state index in [9.17, 15) is 13.5 Å². The first kappa shape index (κ1) is 19.5. The van der Waals surface area contributed by atoms with Gasteiger partial charge in [-0.05, 0) is 23.6 Å². The summed E-state index contributed by atoms with van der Waals surface area (Å²) in [6.07, 6.45) is -0.577. The lowest BCUT2D eigenvalue weighted by atomic mass is 10.3. The number of ether oxygens (including phenoxy) is 1. The summed E-state index contributed by atoms with van der Waals surface area (Å²) in [4.78, 5) is 3.54. The third-order valence-electron chi connectivity index (χ3n) is 4.32. The van der Waals surface area contributed by atoms with Crippen LogP contribution in [0, 0.1) is 0 Å². The molecule has 0 spiro atoms. The van der Waals surface area contributed by atoms with Crippen LogP contribution in [-0.4, -0.2) is 68.2 Å². The summed E-state index contributed by atoms with van der Waals surface area (Å²) in [5.41, 5.74) is 0. The first-order valence-electron chi connectivity index (χ1n) is 8.61. The van der Waals surface area contributed by atoms with Crippen LogP contribution in [0.25, 0.3) is 0 Å². The molecule has 2 heterocycles. The fourth-order valence-corrected chi connectivity index (χ4v) is 5.02. The number of thiophene rings is 1. The summed E-state index contributed by atoms with van der Waals surface area (Å²) in [5, 5.41) is 12.1. The molecule has 0 amide bonds. The Kier molecular flexibility index (Phi) is 6.80. The van der Waals surface area contributed by atoms with Crippen molar-refractivity contribution in [3.05, 3.63) is 52.7 Å². The first-order valence-corrected chi connectivity index (χ1v) is 10.9. The minimum absolute atomic E-state index is 0.278. The Labute approximate surface area is 158 Å². The number of aliphatic hydroxyl groups is 1. The summed E-state index contributed by atoms with van der Waals surface area (Å²) in [6.45, 7) is 3.35. The van der Waals surface area contributed by atoms with Gasteiger partial charge in [0.05, 0.1) is 24.2 Å². The number of rotatable bonds is 8. The highest BCUT2D eigenvalue weighted by atomic mass is 32.2. The Hall–Kier alpha value is -1.29. The average Bonchev–Trinajstić information content (AvgIpc) is 3.16. The average molecular weight is 397 g/mol. The van der Waals surface area contributed by atoms with Crippen LogP contribution >= 0.6 is 11.3 Å². The minimum atomic E-state index is -3.43. The van der Waals surface area contributed by atoms with Gasteiger partial charge in [0.1, 0.15) is 0 Å². The molecule has 1 aromatic carbocycles. The van der Waals surface area contributed by atoms with E-state index in [2.05, 4.69) is 4.90 Å². The lowest BCUT2D eigenvalue weighted by Crippen LogP contribution is -2.50. The number of sulfonamides is 1.